The molecule has 0 saturated heterocycles. The van der Waals surface area contributed by atoms with Crippen LogP contribution >= 0.6 is 0 Å². The van der Waals surface area contributed by atoms with E-state index in [1.165, 1.54) is 19.2 Å². The van der Waals surface area contributed by atoms with Crippen LogP contribution in [-0.2, 0) is 0 Å². The summed E-state index contributed by atoms with van der Waals surface area (Å²) < 4.78 is 23.9. The van der Waals surface area contributed by atoms with Crippen LogP contribution < -0.4 is 20.1 Å². The van der Waals surface area contributed by atoms with Gasteiger partial charge < -0.3 is 20.1 Å². The summed E-state index contributed by atoms with van der Waals surface area (Å²) in [5, 5.41) is 5.91. The van der Waals surface area contributed by atoms with Crippen LogP contribution in [0.1, 0.15) is 10.4 Å². The van der Waals surface area contributed by atoms with E-state index in [1.54, 1.807) is 74.1 Å². The fourth-order valence-electron chi connectivity index (χ4n) is 3.19. The number of carbonyl (C=O) groups is 1. The van der Waals surface area contributed by atoms with Crippen molar-refractivity contribution in [1.29, 1.82) is 0 Å². The van der Waals surface area contributed by atoms with Crippen molar-refractivity contribution < 1.29 is 18.7 Å². The summed E-state index contributed by atoms with van der Waals surface area (Å²) in [6, 6.07) is 18.3. The third kappa shape index (κ3) is 5.24. The van der Waals surface area contributed by atoms with E-state index in [4.69, 9.17) is 9.47 Å². The second kappa shape index (κ2) is 9.78. The van der Waals surface area contributed by atoms with Gasteiger partial charge in [0.2, 0.25) is 5.95 Å². The van der Waals surface area contributed by atoms with Crippen LogP contribution in [0.4, 0.5) is 21.7 Å². The zero-order chi connectivity index (χ0) is 23.2. The van der Waals surface area contributed by atoms with Crippen molar-refractivity contribution in [2.75, 3.05) is 24.9 Å². The van der Waals surface area contributed by atoms with Gasteiger partial charge in [0.1, 0.15) is 5.82 Å². The Bertz CT molecular complexity index is 1280. The Morgan fingerprint density at radius 1 is 0.818 bits per heavy atom. The second-order valence-electron chi connectivity index (χ2n) is 7.04. The smallest absolute Gasteiger partial charge is 0.255 e. The fourth-order valence-corrected chi connectivity index (χ4v) is 3.19. The summed E-state index contributed by atoms with van der Waals surface area (Å²) in [5.41, 5.74) is 3.06. The molecule has 0 fully saturated rings. The molecule has 0 spiro atoms. The number of nitrogens with zero attached hydrogens (tertiary/aromatic N) is 2. The highest BCUT2D eigenvalue weighted by Gasteiger charge is 2.10. The standard InChI is InChI=1S/C25H21FN4O3/c1-32-22-10-9-21(13-23(22)33-2)29-24(31)17-6-4-8-20(12-17)30-25-27-14-18(15-28-25)16-5-3-7-19(26)11-16/h3-15H,1-2H3,(H,29,31)(H,27,28,30). The Hall–Kier alpha value is -4.46. The molecule has 3 aromatic carbocycles. The van der Waals surface area contributed by atoms with E-state index in [9.17, 15) is 9.18 Å². The average Bonchev–Trinajstić information content (AvgIpc) is 2.84. The Morgan fingerprint density at radius 2 is 1.58 bits per heavy atom. The third-order valence-corrected chi connectivity index (χ3v) is 4.83. The number of benzene rings is 3. The molecule has 1 aromatic heterocycles. The fraction of sp³-hybridized carbons (Fsp3) is 0.0800. The zero-order valence-electron chi connectivity index (χ0n) is 18.0. The van der Waals surface area contributed by atoms with Crippen LogP contribution in [0.3, 0.4) is 0 Å². The maximum atomic E-state index is 13.4. The van der Waals surface area contributed by atoms with Gasteiger partial charge in [-0.1, -0.05) is 18.2 Å². The average molecular weight is 444 g/mol. The number of amides is 1. The topological polar surface area (TPSA) is 85.4 Å². The summed E-state index contributed by atoms with van der Waals surface area (Å²) in [4.78, 5) is 21.3. The van der Waals surface area contributed by atoms with E-state index in [1.807, 2.05) is 0 Å². The molecule has 33 heavy (non-hydrogen) atoms. The largest absolute Gasteiger partial charge is 0.493 e. The maximum absolute atomic E-state index is 13.4. The number of methoxy groups -OCH3 is 2. The number of hydrogen-bond donors (Lipinski definition) is 2. The first-order valence-corrected chi connectivity index (χ1v) is 10.0. The highest BCUT2D eigenvalue weighted by Crippen LogP contribution is 2.30. The molecule has 7 nitrogen and oxygen atoms in total. The third-order valence-electron chi connectivity index (χ3n) is 4.83. The molecule has 166 valence electrons. The molecule has 4 rings (SSSR count). The van der Waals surface area contributed by atoms with Gasteiger partial charge in [-0.2, -0.15) is 0 Å². The molecule has 4 aromatic rings. The van der Waals surface area contributed by atoms with Gasteiger partial charge in [0, 0.05) is 41.0 Å². The van der Waals surface area contributed by atoms with Crippen molar-refractivity contribution in [3.05, 3.63) is 90.5 Å². The number of carbonyl (C=O) groups excluding carboxylic acids is 1. The summed E-state index contributed by atoms with van der Waals surface area (Å²) in [6.07, 6.45) is 3.22. The number of halogens is 1. The van der Waals surface area contributed by atoms with E-state index in [0.717, 1.165) is 0 Å². The number of aromatic nitrogens is 2. The van der Waals surface area contributed by atoms with Crippen molar-refractivity contribution in [3.8, 4) is 22.6 Å². The molecule has 0 unspecified atom stereocenters. The number of anilines is 3. The molecule has 1 amide bonds. The predicted molar refractivity (Wildman–Crippen MR) is 125 cm³/mol. The Balaban J connectivity index is 1.46. The second-order valence-corrected chi connectivity index (χ2v) is 7.04. The molecule has 0 saturated carbocycles. The number of ether oxygens (including phenoxy) is 2. The molecule has 2 N–H and O–H groups in total. The van der Waals surface area contributed by atoms with E-state index in [0.29, 0.717) is 45.5 Å². The van der Waals surface area contributed by atoms with Gasteiger partial charge in [0.25, 0.3) is 5.91 Å². The Kier molecular flexibility index (Phi) is 6.45. The minimum atomic E-state index is -0.321. The van der Waals surface area contributed by atoms with Crippen LogP contribution in [0.5, 0.6) is 11.5 Å². The lowest BCUT2D eigenvalue weighted by atomic mass is 10.1. The van der Waals surface area contributed by atoms with Crippen LogP contribution in [0.2, 0.25) is 0 Å². The zero-order valence-corrected chi connectivity index (χ0v) is 18.0. The molecule has 0 aliphatic rings. The monoisotopic (exact) mass is 444 g/mol. The van der Waals surface area contributed by atoms with Gasteiger partial charge in [-0.05, 0) is 48.0 Å². The molecular formula is C25H21FN4O3. The Labute approximate surface area is 190 Å². The summed E-state index contributed by atoms with van der Waals surface area (Å²) in [6.45, 7) is 0. The van der Waals surface area contributed by atoms with Gasteiger partial charge in [-0.15, -0.1) is 0 Å². The quantitative estimate of drug-likeness (QED) is 0.403. The molecule has 8 heteroatoms. The van der Waals surface area contributed by atoms with Crippen LogP contribution in [0.25, 0.3) is 11.1 Å². The minimum absolute atomic E-state index is 0.284. The first kappa shape index (κ1) is 21.8. The van der Waals surface area contributed by atoms with Crippen molar-refractivity contribution in [2.45, 2.75) is 0 Å². The van der Waals surface area contributed by atoms with Crippen molar-refractivity contribution in [3.63, 3.8) is 0 Å². The highest BCUT2D eigenvalue weighted by atomic mass is 19.1. The van der Waals surface area contributed by atoms with E-state index in [-0.39, 0.29) is 11.7 Å². The molecule has 0 aliphatic carbocycles. The van der Waals surface area contributed by atoms with Gasteiger partial charge in [-0.3, -0.25) is 4.79 Å². The molecule has 0 radical (unpaired) electrons. The lowest BCUT2D eigenvalue weighted by molar-refractivity contribution is 0.102. The normalized spacial score (nSPS) is 10.4. The molecule has 0 aliphatic heterocycles. The lowest BCUT2D eigenvalue weighted by Gasteiger charge is -2.11. The maximum Gasteiger partial charge on any atom is 0.255 e. The van der Waals surface area contributed by atoms with E-state index < -0.39 is 0 Å². The van der Waals surface area contributed by atoms with E-state index >= 15 is 0 Å². The molecule has 0 atom stereocenters. The summed E-state index contributed by atoms with van der Waals surface area (Å²) >= 11 is 0. The first-order chi connectivity index (χ1) is 16.1. The predicted octanol–water partition coefficient (Wildman–Crippen LogP) is 5.30. The molecular weight excluding hydrogens is 423 g/mol. The summed E-state index contributed by atoms with van der Waals surface area (Å²) in [5.74, 6) is 0.841. The first-order valence-electron chi connectivity index (χ1n) is 10.0. The van der Waals surface area contributed by atoms with Crippen molar-refractivity contribution in [1.82, 2.24) is 9.97 Å². The molecule has 0 bridgehead atoms. The van der Waals surface area contributed by atoms with Gasteiger partial charge in [-0.25, -0.2) is 14.4 Å². The minimum Gasteiger partial charge on any atom is -0.493 e. The van der Waals surface area contributed by atoms with Crippen LogP contribution in [0, 0.1) is 5.82 Å². The molecule has 1 heterocycles. The SMILES string of the molecule is COc1ccc(NC(=O)c2cccc(Nc3ncc(-c4cccc(F)c4)cn3)c2)cc1OC. The van der Waals surface area contributed by atoms with Crippen LogP contribution in [-0.4, -0.2) is 30.1 Å². The highest BCUT2D eigenvalue weighted by molar-refractivity contribution is 6.05. The van der Waals surface area contributed by atoms with Crippen molar-refractivity contribution in [2.24, 2.45) is 0 Å². The van der Waals surface area contributed by atoms with Gasteiger partial charge in [0.15, 0.2) is 11.5 Å². The lowest BCUT2D eigenvalue weighted by Crippen LogP contribution is -2.12. The van der Waals surface area contributed by atoms with Gasteiger partial charge in [0.05, 0.1) is 14.2 Å². The number of rotatable bonds is 7. The Morgan fingerprint density at radius 3 is 2.30 bits per heavy atom. The number of nitrogens with one attached hydrogen (secondary N) is 2. The van der Waals surface area contributed by atoms with Crippen LogP contribution in [0.15, 0.2) is 79.1 Å². The van der Waals surface area contributed by atoms with Gasteiger partial charge >= 0.3 is 0 Å². The van der Waals surface area contributed by atoms with E-state index in [2.05, 4.69) is 20.6 Å². The van der Waals surface area contributed by atoms with Crippen molar-refractivity contribution >= 4 is 23.2 Å². The summed E-state index contributed by atoms with van der Waals surface area (Å²) in [7, 11) is 3.08. The number of hydrogen-bond acceptors (Lipinski definition) is 6.